The minimum atomic E-state index is -4.47. The van der Waals surface area contributed by atoms with Gasteiger partial charge < -0.3 is 25.6 Å². The van der Waals surface area contributed by atoms with Crippen LogP contribution in [0.3, 0.4) is 0 Å². The number of allylic oxidation sites excluding steroid dienone is 1. The molecule has 2 fully saturated rings. The smallest absolute Gasteiger partial charge is 0.401 e. The lowest BCUT2D eigenvalue weighted by Gasteiger charge is -2.25. The zero-order valence-corrected chi connectivity index (χ0v) is 23.0. The number of morpholine rings is 1. The Morgan fingerprint density at radius 2 is 1.86 bits per heavy atom. The molecular weight excluding hydrogens is 572 g/mol. The maximum absolute atomic E-state index is 14.9. The van der Waals surface area contributed by atoms with Crippen LogP contribution in [0.1, 0.15) is 24.2 Å². The van der Waals surface area contributed by atoms with E-state index in [0.29, 0.717) is 23.4 Å². The van der Waals surface area contributed by atoms with Crippen LogP contribution in [0.25, 0.3) is 11.1 Å². The molecule has 2 aromatic heterocycles. The van der Waals surface area contributed by atoms with Crippen molar-refractivity contribution in [2.24, 2.45) is 10.7 Å². The highest BCUT2D eigenvalue weighted by atomic mass is 19.4. The first kappa shape index (κ1) is 30.1. The number of nitrogens with one attached hydrogen (secondary N) is 2. The number of benzene rings is 1. The van der Waals surface area contributed by atoms with Crippen LogP contribution < -0.4 is 16.4 Å². The number of nitrogens with two attached hydrogens (primary N) is 1. The van der Waals surface area contributed by atoms with Crippen LogP contribution in [0, 0.1) is 5.82 Å². The van der Waals surface area contributed by atoms with Crippen molar-refractivity contribution in [3.05, 3.63) is 65.7 Å². The molecule has 3 aromatic rings. The number of carbonyl (C=O) groups excluding carboxylic acids is 1. The van der Waals surface area contributed by atoms with Crippen molar-refractivity contribution >= 4 is 23.9 Å². The van der Waals surface area contributed by atoms with Gasteiger partial charge in [0.15, 0.2) is 11.6 Å². The van der Waals surface area contributed by atoms with E-state index in [1.54, 1.807) is 12.3 Å². The third-order valence-electron chi connectivity index (χ3n) is 7.25. The minimum Gasteiger partial charge on any atom is -0.403 e. The van der Waals surface area contributed by atoms with Gasteiger partial charge in [-0.15, -0.1) is 0 Å². The van der Waals surface area contributed by atoms with Gasteiger partial charge in [0.1, 0.15) is 11.2 Å². The molecule has 0 spiro atoms. The van der Waals surface area contributed by atoms with Crippen LogP contribution in [0.4, 0.5) is 29.3 Å². The summed E-state index contributed by atoms with van der Waals surface area (Å²) in [6.45, 7) is 4.65. The molecule has 4 N–H and O–H groups in total. The van der Waals surface area contributed by atoms with Gasteiger partial charge >= 0.3 is 6.18 Å². The number of hydrogen-bond acceptors (Lipinski definition) is 10. The van der Waals surface area contributed by atoms with E-state index >= 15 is 0 Å². The Morgan fingerprint density at radius 1 is 1.12 bits per heavy atom. The number of aliphatic imine (C=N–C) groups is 1. The van der Waals surface area contributed by atoms with Crippen LogP contribution >= 0.6 is 0 Å². The predicted octanol–water partition coefficient (Wildman–Crippen LogP) is 3.66. The highest BCUT2D eigenvalue weighted by Gasteiger charge is 2.66. The van der Waals surface area contributed by atoms with E-state index in [1.807, 2.05) is 0 Å². The van der Waals surface area contributed by atoms with E-state index in [1.165, 1.54) is 30.7 Å². The number of ether oxygens (including phenoxy) is 1. The largest absolute Gasteiger partial charge is 0.403 e. The molecule has 1 saturated carbocycles. The standard InChI is InChI=1S/C28H30F4N8O3/c29-22-11-18(1-2-19(22)12-25(41)38-24-13-23(43-39-24)27(3-4-27)28(30,31)32)20-15-35-26(36-16-20)37-21(14-33)17-34-5-6-40-7-9-42-10-8-40/h1-2,11,13-17H,3-10,12,33H2,(H,35,36,37)(H,38,39,41). The van der Waals surface area contributed by atoms with Gasteiger partial charge in [0, 0.05) is 56.1 Å². The summed E-state index contributed by atoms with van der Waals surface area (Å²) in [5.41, 5.74) is 5.26. The number of amides is 1. The number of halogens is 4. The summed E-state index contributed by atoms with van der Waals surface area (Å²) in [5.74, 6) is -1.54. The zero-order valence-electron chi connectivity index (χ0n) is 23.0. The number of rotatable bonds is 11. The number of alkyl halides is 3. The van der Waals surface area contributed by atoms with Crippen LogP contribution in [0.2, 0.25) is 0 Å². The molecule has 11 nitrogen and oxygen atoms in total. The number of aromatic nitrogens is 3. The van der Waals surface area contributed by atoms with E-state index in [0.717, 1.165) is 38.9 Å². The predicted molar refractivity (Wildman–Crippen MR) is 150 cm³/mol. The molecule has 0 bridgehead atoms. The van der Waals surface area contributed by atoms with Gasteiger partial charge in [-0.25, -0.2) is 14.4 Å². The second kappa shape index (κ2) is 12.9. The topological polar surface area (TPSA) is 144 Å². The first-order valence-corrected chi connectivity index (χ1v) is 13.6. The summed E-state index contributed by atoms with van der Waals surface area (Å²) in [5, 5.41) is 8.85. The van der Waals surface area contributed by atoms with Gasteiger partial charge in [-0.3, -0.25) is 14.7 Å². The Labute approximate surface area is 244 Å². The maximum atomic E-state index is 14.9. The molecule has 15 heteroatoms. The first-order valence-electron chi connectivity index (χ1n) is 13.6. The number of carbonyl (C=O) groups is 1. The molecule has 5 rings (SSSR count). The second-order valence-electron chi connectivity index (χ2n) is 10.2. The van der Waals surface area contributed by atoms with Gasteiger partial charge in [-0.2, -0.15) is 13.2 Å². The molecule has 0 atom stereocenters. The number of nitrogens with zero attached hydrogens (tertiary/aromatic N) is 5. The summed E-state index contributed by atoms with van der Waals surface area (Å²) in [7, 11) is 0. The van der Waals surface area contributed by atoms with E-state index in [2.05, 4.69) is 35.7 Å². The Kier molecular flexibility index (Phi) is 9.01. The summed E-state index contributed by atoms with van der Waals surface area (Å²) >= 11 is 0. The van der Waals surface area contributed by atoms with Crippen LogP contribution in [0.15, 0.2) is 58.1 Å². The van der Waals surface area contributed by atoms with E-state index < -0.39 is 23.3 Å². The van der Waals surface area contributed by atoms with E-state index in [9.17, 15) is 22.4 Å². The molecule has 1 aliphatic heterocycles. The van der Waals surface area contributed by atoms with Crippen molar-refractivity contribution in [2.75, 3.05) is 50.0 Å². The van der Waals surface area contributed by atoms with E-state index in [-0.39, 0.29) is 42.4 Å². The first-order chi connectivity index (χ1) is 20.7. The maximum Gasteiger partial charge on any atom is 0.401 e. The average Bonchev–Trinajstić information content (AvgIpc) is 3.70. The van der Waals surface area contributed by atoms with Crippen molar-refractivity contribution in [2.45, 2.75) is 30.9 Å². The Hall–Kier alpha value is -4.37. The lowest BCUT2D eigenvalue weighted by Crippen LogP contribution is -2.37. The molecule has 1 saturated heterocycles. The molecule has 1 aromatic carbocycles. The quantitative estimate of drug-likeness (QED) is 0.221. The SMILES string of the molecule is NC=C(C=NCCN1CCOCC1)Nc1ncc(-c2ccc(CC(=O)Nc3cc(C4(C(F)(F)F)CC4)on3)c(F)c2)cn1. The second-order valence-corrected chi connectivity index (χ2v) is 10.2. The van der Waals surface area contributed by atoms with Crippen LogP contribution in [0.5, 0.6) is 0 Å². The van der Waals surface area contributed by atoms with Crippen LogP contribution in [-0.4, -0.2) is 77.7 Å². The molecule has 0 unspecified atom stereocenters. The molecule has 3 heterocycles. The summed E-state index contributed by atoms with van der Waals surface area (Å²) in [4.78, 5) is 27.6. The lowest BCUT2D eigenvalue weighted by atomic mass is 10.0. The van der Waals surface area contributed by atoms with Crippen molar-refractivity contribution in [3.63, 3.8) is 0 Å². The molecule has 1 amide bonds. The van der Waals surface area contributed by atoms with Gasteiger partial charge in [-0.05, 0) is 30.0 Å². The Bertz CT molecular complexity index is 1480. The highest BCUT2D eigenvalue weighted by molar-refractivity contribution is 5.91. The zero-order chi connectivity index (χ0) is 30.5. The summed E-state index contributed by atoms with van der Waals surface area (Å²) in [6, 6.07) is 5.35. The minimum absolute atomic E-state index is 0.0868. The van der Waals surface area contributed by atoms with E-state index in [4.69, 9.17) is 15.0 Å². The monoisotopic (exact) mass is 602 g/mol. The van der Waals surface area contributed by atoms with Gasteiger partial charge in [-0.1, -0.05) is 17.3 Å². The van der Waals surface area contributed by atoms with Crippen molar-refractivity contribution in [1.82, 2.24) is 20.0 Å². The Balaban J connectivity index is 1.13. The van der Waals surface area contributed by atoms with Gasteiger partial charge in [0.25, 0.3) is 0 Å². The molecule has 2 aliphatic rings. The van der Waals surface area contributed by atoms with Gasteiger partial charge in [0.2, 0.25) is 11.9 Å². The van der Waals surface area contributed by atoms with Gasteiger partial charge in [0.05, 0.1) is 31.9 Å². The molecule has 0 radical (unpaired) electrons. The third-order valence-corrected chi connectivity index (χ3v) is 7.25. The molecule has 43 heavy (non-hydrogen) atoms. The van der Waals surface area contributed by atoms with Crippen LogP contribution in [-0.2, 0) is 21.4 Å². The molecular formula is C28H30F4N8O3. The fraction of sp³-hybridized carbons (Fsp3) is 0.393. The normalized spacial score (nSPS) is 17.3. The molecule has 228 valence electrons. The lowest BCUT2D eigenvalue weighted by molar-refractivity contribution is -0.165. The summed E-state index contributed by atoms with van der Waals surface area (Å²) < 4.78 is 64.9. The summed E-state index contributed by atoms with van der Waals surface area (Å²) in [6.07, 6.45) is 0.952. The van der Waals surface area contributed by atoms with Crippen molar-refractivity contribution in [3.8, 4) is 11.1 Å². The fourth-order valence-electron chi connectivity index (χ4n) is 4.56. The molecule has 1 aliphatic carbocycles. The van der Waals surface area contributed by atoms with Crippen molar-refractivity contribution in [1.29, 1.82) is 0 Å². The number of hydrogen-bond donors (Lipinski definition) is 3. The van der Waals surface area contributed by atoms with Crippen molar-refractivity contribution < 1.29 is 31.6 Å². The number of anilines is 2. The fourth-order valence-corrected chi connectivity index (χ4v) is 4.56. The third kappa shape index (κ3) is 7.35. The highest BCUT2D eigenvalue weighted by Crippen LogP contribution is 2.59. The Morgan fingerprint density at radius 3 is 2.51 bits per heavy atom. The average molecular weight is 603 g/mol.